The number of aliphatic hydroxyl groups excluding tert-OH is 2. The number of ether oxygens (including phenoxy) is 4. The van der Waals surface area contributed by atoms with E-state index in [2.05, 4.69) is 0 Å². The predicted molar refractivity (Wildman–Crippen MR) is 140 cm³/mol. The minimum absolute atomic E-state index is 0.101. The van der Waals surface area contributed by atoms with E-state index < -0.39 is 76.2 Å². The van der Waals surface area contributed by atoms with Crippen LogP contribution in [0.1, 0.15) is 57.8 Å². The van der Waals surface area contributed by atoms with Gasteiger partial charge in [-0.15, -0.1) is 0 Å². The Bertz CT molecular complexity index is 1300. The molecule has 222 valence electrons. The minimum atomic E-state index is -2.10. The van der Waals surface area contributed by atoms with Crippen LogP contribution in [0.2, 0.25) is 0 Å². The molecule has 11 heteroatoms. The molecule has 41 heavy (non-hydrogen) atoms. The summed E-state index contributed by atoms with van der Waals surface area (Å²) < 4.78 is 23.1. The van der Waals surface area contributed by atoms with Gasteiger partial charge in [-0.3, -0.25) is 14.4 Å². The second kappa shape index (κ2) is 9.72. The Morgan fingerprint density at radius 2 is 1.78 bits per heavy atom. The van der Waals surface area contributed by atoms with E-state index in [1.165, 1.54) is 26.0 Å². The highest BCUT2D eigenvalue weighted by molar-refractivity contribution is 5.94. The van der Waals surface area contributed by atoms with Crippen molar-refractivity contribution in [2.75, 3.05) is 6.61 Å². The molecule has 1 aromatic rings. The predicted octanol–water partition coefficient (Wildman–Crippen LogP) is 1.26. The first kappa shape index (κ1) is 29.4. The Kier molecular flexibility index (Phi) is 6.97. The molecule has 11 nitrogen and oxygen atoms in total. The molecule has 2 saturated carbocycles. The van der Waals surface area contributed by atoms with Crippen LogP contribution in [0.15, 0.2) is 41.5 Å². The summed E-state index contributed by atoms with van der Waals surface area (Å²) in [4.78, 5) is 52.1. The normalized spacial score (nSPS) is 41.0. The molecule has 3 N–H and O–H groups in total. The molecule has 4 aliphatic rings. The van der Waals surface area contributed by atoms with E-state index in [0.29, 0.717) is 5.57 Å². The number of rotatable bonds is 5. The standard InChI is InChI=1S/C30H36O11/c1-15-18(39-14-31)12-30(37)25(40-26(36)17-9-7-6-8-10-17)23-28(5,24(35)22(34)21(15)27(30,3)4)19(33)11-20-29(23,13-38-20)41-16(2)32/h6-10,14,18-20,22-23,25,33-34,37H,11-13H2,1-5H3/t18-,19-,20+,22+,23-,25-,28+,29-,30+/m0/s1. The smallest absolute Gasteiger partial charge is 0.338 e. The molecule has 0 amide bonds. The lowest BCUT2D eigenvalue weighted by Gasteiger charge is -2.67. The van der Waals surface area contributed by atoms with Crippen LogP contribution in [0, 0.1) is 16.7 Å². The quantitative estimate of drug-likeness (QED) is 0.201. The van der Waals surface area contributed by atoms with Crippen LogP contribution < -0.4 is 0 Å². The molecule has 0 radical (unpaired) electrons. The molecule has 2 bridgehead atoms. The van der Waals surface area contributed by atoms with E-state index in [1.54, 1.807) is 39.0 Å². The zero-order valence-corrected chi connectivity index (χ0v) is 23.7. The molecule has 1 saturated heterocycles. The highest BCUT2D eigenvalue weighted by Crippen LogP contribution is 2.64. The second-order valence-corrected chi connectivity index (χ2v) is 12.4. The van der Waals surface area contributed by atoms with Crippen LogP contribution >= 0.6 is 0 Å². The lowest BCUT2D eigenvalue weighted by atomic mass is 9.44. The molecular weight excluding hydrogens is 536 g/mol. The number of carbonyl (C=O) groups excluding carboxylic acids is 4. The monoisotopic (exact) mass is 572 g/mol. The van der Waals surface area contributed by atoms with E-state index >= 15 is 0 Å². The first-order valence-electron chi connectivity index (χ1n) is 13.7. The maximum absolute atomic E-state index is 14.4. The average Bonchev–Trinajstić information content (AvgIpc) is 2.91. The molecule has 9 atom stereocenters. The van der Waals surface area contributed by atoms with E-state index in [-0.39, 0.29) is 37.1 Å². The van der Waals surface area contributed by atoms with Crippen molar-refractivity contribution in [2.24, 2.45) is 16.7 Å². The number of hydrogen-bond donors (Lipinski definition) is 3. The van der Waals surface area contributed by atoms with Gasteiger partial charge in [0.2, 0.25) is 0 Å². The molecule has 1 heterocycles. The first-order valence-corrected chi connectivity index (χ1v) is 13.7. The van der Waals surface area contributed by atoms with Gasteiger partial charge >= 0.3 is 11.9 Å². The number of Topliss-reactive ketones (excluding diaryl/α,β-unsaturated/α-hetero) is 1. The topological polar surface area (TPSA) is 166 Å². The van der Waals surface area contributed by atoms with Gasteiger partial charge < -0.3 is 34.3 Å². The van der Waals surface area contributed by atoms with E-state index in [4.69, 9.17) is 18.9 Å². The van der Waals surface area contributed by atoms with Crippen molar-refractivity contribution in [3.8, 4) is 0 Å². The summed E-state index contributed by atoms with van der Waals surface area (Å²) in [6, 6.07) is 8.03. The largest absolute Gasteiger partial charge is 0.460 e. The number of esters is 2. The fraction of sp³-hybridized carbons (Fsp3) is 0.600. The van der Waals surface area contributed by atoms with Gasteiger partial charge in [0.25, 0.3) is 6.47 Å². The van der Waals surface area contributed by atoms with Crippen LogP contribution in [0.25, 0.3) is 0 Å². The Morgan fingerprint density at radius 3 is 2.34 bits per heavy atom. The molecular formula is C30H36O11. The van der Waals surface area contributed by atoms with Crippen LogP contribution in [0.5, 0.6) is 0 Å². The number of hydrogen-bond acceptors (Lipinski definition) is 11. The van der Waals surface area contributed by atoms with Gasteiger partial charge in [0.1, 0.15) is 30.0 Å². The van der Waals surface area contributed by atoms with Crippen molar-refractivity contribution in [1.29, 1.82) is 0 Å². The Morgan fingerprint density at radius 1 is 1.12 bits per heavy atom. The Hall–Kier alpha value is -3.12. The summed E-state index contributed by atoms with van der Waals surface area (Å²) in [5.74, 6) is -3.69. The fourth-order valence-corrected chi connectivity index (χ4v) is 7.86. The Labute approximate surface area is 237 Å². The maximum atomic E-state index is 14.4. The number of carbonyl (C=O) groups is 4. The summed E-state index contributed by atoms with van der Waals surface area (Å²) in [6.45, 7) is 7.45. The molecule has 5 rings (SSSR count). The van der Waals surface area contributed by atoms with Crippen molar-refractivity contribution in [3.05, 3.63) is 47.0 Å². The van der Waals surface area contributed by atoms with Gasteiger partial charge in [-0.25, -0.2) is 4.79 Å². The van der Waals surface area contributed by atoms with Crippen LogP contribution in [-0.4, -0.2) is 87.8 Å². The van der Waals surface area contributed by atoms with Crippen LogP contribution in [0.4, 0.5) is 0 Å². The Balaban J connectivity index is 1.82. The van der Waals surface area contributed by atoms with Gasteiger partial charge in [0.05, 0.1) is 29.6 Å². The zero-order valence-electron chi connectivity index (χ0n) is 23.7. The first-order chi connectivity index (χ1) is 19.2. The lowest BCUT2D eigenvalue weighted by molar-refractivity contribution is -0.345. The number of benzene rings is 1. The van der Waals surface area contributed by atoms with Gasteiger partial charge in [-0.2, -0.15) is 0 Å². The van der Waals surface area contributed by atoms with Crippen molar-refractivity contribution >= 4 is 24.2 Å². The summed E-state index contributed by atoms with van der Waals surface area (Å²) in [7, 11) is 0. The number of aliphatic hydroxyl groups is 3. The maximum Gasteiger partial charge on any atom is 0.338 e. The average molecular weight is 573 g/mol. The third-order valence-electron chi connectivity index (χ3n) is 10.1. The third kappa shape index (κ3) is 3.93. The molecule has 0 aromatic heterocycles. The van der Waals surface area contributed by atoms with Crippen molar-refractivity contribution < 1.29 is 53.4 Å². The van der Waals surface area contributed by atoms with Gasteiger partial charge in [0.15, 0.2) is 11.4 Å². The highest BCUT2D eigenvalue weighted by Gasteiger charge is 2.77. The molecule has 3 fully saturated rings. The summed E-state index contributed by atoms with van der Waals surface area (Å²) in [6.07, 6.45) is -7.17. The van der Waals surface area contributed by atoms with Gasteiger partial charge in [-0.1, -0.05) is 32.0 Å². The second-order valence-electron chi connectivity index (χ2n) is 12.4. The van der Waals surface area contributed by atoms with Crippen LogP contribution in [0.3, 0.4) is 0 Å². The van der Waals surface area contributed by atoms with Gasteiger partial charge in [-0.05, 0) is 37.1 Å². The number of fused-ring (bicyclic) bond motifs is 5. The highest BCUT2D eigenvalue weighted by atomic mass is 16.6. The molecule has 0 unspecified atom stereocenters. The lowest BCUT2D eigenvalue weighted by Crippen LogP contribution is -2.81. The van der Waals surface area contributed by atoms with E-state index in [1.807, 2.05) is 0 Å². The molecule has 3 aliphatic carbocycles. The zero-order chi connectivity index (χ0) is 30.1. The SMILES string of the molecule is CC(=O)O[C@@]12CO[C@@H]1C[C@H](O)[C@@]1(C)C(=O)[C@H](O)C3=C(C)[C@@H](OC=O)C[C@@](O)([C@@H](OC(=O)c4ccccc4)[C@H]21)C3(C)C. The van der Waals surface area contributed by atoms with E-state index in [9.17, 15) is 34.5 Å². The van der Waals surface area contributed by atoms with Crippen molar-refractivity contribution in [1.82, 2.24) is 0 Å². The number of ketones is 1. The van der Waals surface area contributed by atoms with Crippen molar-refractivity contribution in [3.63, 3.8) is 0 Å². The minimum Gasteiger partial charge on any atom is -0.460 e. The summed E-state index contributed by atoms with van der Waals surface area (Å²) in [5, 5.41) is 36.0. The fourth-order valence-electron chi connectivity index (χ4n) is 7.86. The molecule has 0 spiro atoms. The van der Waals surface area contributed by atoms with Crippen molar-refractivity contribution in [2.45, 2.75) is 89.2 Å². The van der Waals surface area contributed by atoms with Crippen LogP contribution in [-0.2, 0) is 33.3 Å². The third-order valence-corrected chi connectivity index (χ3v) is 10.1. The summed E-state index contributed by atoms with van der Waals surface area (Å²) >= 11 is 0. The molecule has 1 aliphatic heterocycles. The van der Waals surface area contributed by atoms with E-state index in [0.717, 1.165) is 0 Å². The van der Waals surface area contributed by atoms with Gasteiger partial charge in [0, 0.05) is 25.2 Å². The molecule has 1 aromatic carbocycles. The summed E-state index contributed by atoms with van der Waals surface area (Å²) in [5.41, 5.74) is -6.36.